The number of rotatable bonds is 4. The van der Waals surface area contributed by atoms with E-state index in [-0.39, 0.29) is 11.1 Å². The van der Waals surface area contributed by atoms with Crippen molar-refractivity contribution in [2.75, 3.05) is 26.3 Å². The molecule has 1 amide bonds. The first-order chi connectivity index (χ1) is 16.0. The van der Waals surface area contributed by atoms with Gasteiger partial charge in [-0.15, -0.1) is 11.3 Å². The van der Waals surface area contributed by atoms with E-state index >= 15 is 0 Å². The Morgan fingerprint density at radius 3 is 2.52 bits per heavy atom. The maximum absolute atomic E-state index is 13.5. The molecule has 33 heavy (non-hydrogen) atoms. The van der Waals surface area contributed by atoms with Crippen LogP contribution in [-0.2, 0) is 16.0 Å². The van der Waals surface area contributed by atoms with Crippen LogP contribution >= 0.6 is 22.9 Å². The minimum atomic E-state index is -0.398. The van der Waals surface area contributed by atoms with Gasteiger partial charge in [-0.05, 0) is 41.8 Å². The standard InChI is InChI=1S/C25H22ClN3O3S/c1-2-17-7-9-19(10-8-17)29-24(31)22(15-18-5-3-4-6-21(18)26)33-25(29)20(16-27)23(30)28-11-13-32-14-12-28/h3-10,15H,2,11-14H2,1H3/b22-15+,25-20-. The molecule has 8 heteroatoms. The number of morpholine rings is 1. The highest BCUT2D eigenvalue weighted by Crippen LogP contribution is 2.15. The van der Waals surface area contributed by atoms with Crippen LogP contribution in [0.2, 0.25) is 5.02 Å². The molecule has 0 aliphatic carbocycles. The molecule has 1 saturated heterocycles. The van der Waals surface area contributed by atoms with Gasteiger partial charge in [0.2, 0.25) is 0 Å². The van der Waals surface area contributed by atoms with Gasteiger partial charge in [-0.2, -0.15) is 5.26 Å². The van der Waals surface area contributed by atoms with Crippen LogP contribution in [0.1, 0.15) is 18.1 Å². The lowest BCUT2D eigenvalue weighted by Crippen LogP contribution is -2.42. The number of ether oxygens (including phenoxy) is 1. The van der Waals surface area contributed by atoms with Crippen molar-refractivity contribution >= 4 is 40.5 Å². The summed E-state index contributed by atoms with van der Waals surface area (Å²) in [6.07, 6.45) is 2.56. The van der Waals surface area contributed by atoms with Crippen molar-refractivity contribution < 1.29 is 9.53 Å². The third-order valence-corrected chi connectivity index (χ3v) is 6.89. The van der Waals surface area contributed by atoms with Gasteiger partial charge in [0.15, 0.2) is 5.57 Å². The zero-order chi connectivity index (χ0) is 23.4. The largest absolute Gasteiger partial charge is 0.378 e. The summed E-state index contributed by atoms with van der Waals surface area (Å²) in [5.74, 6) is -0.398. The number of benzene rings is 2. The maximum atomic E-state index is 13.5. The molecule has 0 unspecified atom stereocenters. The van der Waals surface area contributed by atoms with Crippen molar-refractivity contribution in [1.29, 1.82) is 5.26 Å². The van der Waals surface area contributed by atoms with Crippen LogP contribution in [0.5, 0.6) is 0 Å². The molecule has 0 N–H and O–H groups in total. The van der Waals surface area contributed by atoms with Crippen LogP contribution in [0.3, 0.4) is 0 Å². The van der Waals surface area contributed by atoms with E-state index in [9.17, 15) is 14.9 Å². The Morgan fingerprint density at radius 2 is 1.88 bits per heavy atom. The molecule has 2 heterocycles. The number of thiazole rings is 1. The van der Waals surface area contributed by atoms with Crippen LogP contribution < -0.4 is 14.8 Å². The van der Waals surface area contributed by atoms with Gasteiger partial charge >= 0.3 is 0 Å². The Balaban J connectivity index is 1.99. The average molecular weight is 480 g/mol. The van der Waals surface area contributed by atoms with Crippen molar-refractivity contribution in [1.82, 2.24) is 9.47 Å². The van der Waals surface area contributed by atoms with Crippen LogP contribution in [-0.4, -0.2) is 41.7 Å². The number of nitriles is 1. The third-order valence-electron chi connectivity index (χ3n) is 5.46. The normalized spacial score (nSPS) is 15.3. The fourth-order valence-electron chi connectivity index (χ4n) is 3.61. The Morgan fingerprint density at radius 1 is 1.18 bits per heavy atom. The lowest BCUT2D eigenvalue weighted by Gasteiger charge is -2.26. The number of halogens is 1. The summed E-state index contributed by atoms with van der Waals surface area (Å²) >= 11 is 7.42. The zero-order valence-corrected chi connectivity index (χ0v) is 19.7. The predicted molar refractivity (Wildman–Crippen MR) is 130 cm³/mol. The number of hydrogen-bond acceptors (Lipinski definition) is 5. The van der Waals surface area contributed by atoms with Crippen molar-refractivity contribution in [3.05, 3.63) is 84.2 Å². The van der Waals surface area contributed by atoms with Crippen molar-refractivity contribution in [3.8, 4) is 11.8 Å². The highest BCUT2D eigenvalue weighted by atomic mass is 35.5. The van der Waals surface area contributed by atoms with E-state index in [2.05, 4.69) is 13.0 Å². The molecular weight excluding hydrogens is 458 g/mol. The van der Waals surface area contributed by atoms with Gasteiger partial charge in [-0.25, -0.2) is 0 Å². The molecule has 6 nitrogen and oxygen atoms in total. The molecule has 1 aliphatic rings. The molecule has 2 aromatic carbocycles. The van der Waals surface area contributed by atoms with Gasteiger partial charge in [-0.1, -0.05) is 48.9 Å². The van der Waals surface area contributed by atoms with Crippen LogP contribution in [0.4, 0.5) is 0 Å². The van der Waals surface area contributed by atoms with Gasteiger partial charge in [0, 0.05) is 18.1 Å². The molecule has 0 saturated carbocycles. The van der Waals surface area contributed by atoms with Crippen molar-refractivity contribution in [2.24, 2.45) is 0 Å². The van der Waals surface area contributed by atoms with E-state index in [1.165, 1.54) is 4.57 Å². The molecule has 0 atom stereocenters. The molecule has 3 aromatic rings. The molecule has 4 rings (SSSR count). The first-order valence-corrected chi connectivity index (χ1v) is 11.8. The van der Waals surface area contributed by atoms with E-state index in [1.807, 2.05) is 42.5 Å². The maximum Gasteiger partial charge on any atom is 0.273 e. The number of hydrogen-bond donors (Lipinski definition) is 0. The highest BCUT2D eigenvalue weighted by molar-refractivity contribution is 7.07. The molecular formula is C25H22ClN3O3S. The summed E-state index contributed by atoms with van der Waals surface area (Å²) in [5.41, 5.74) is 2.06. The first kappa shape index (κ1) is 23.0. The smallest absolute Gasteiger partial charge is 0.273 e. The predicted octanol–water partition coefficient (Wildman–Crippen LogP) is 2.48. The minimum Gasteiger partial charge on any atom is -0.378 e. The topological polar surface area (TPSA) is 75.3 Å². The van der Waals surface area contributed by atoms with Gasteiger partial charge in [-0.3, -0.25) is 14.2 Å². The van der Waals surface area contributed by atoms with Gasteiger partial charge in [0.25, 0.3) is 11.5 Å². The molecule has 0 spiro atoms. The molecule has 0 bridgehead atoms. The monoisotopic (exact) mass is 479 g/mol. The molecule has 1 fully saturated rings. The summed E-state index contributed by atoms with van der Waals surface area (Å²) in [4.78, 5) is 28.3. The Hall–Kier alpha value is -3.18. The van der Waals surface area contributed by atoms with E-state index in [4.69, 9.17) is 16.3 Å². The summed E-state index contributed by atoms with van der Waals surface area (Å²) in [7, 11) is 0. The Kier molecular flexibility index (Phi) is 7.09. The Labute approximate surface area is 200 Å². The highest BCUT2D eigenvalue weighted by Gasteiger charge is 2.24. The number of aryl methyl sites for hydroxylation is 1. The summed E-state index contributed by atoms with van der Waals surface area (Å²) in [6, 6.07) is 16.8. The van der Waals surface area contributed by atoms with Gasteiger partial charge in [0.1, 0.15) is 10.7 Å². The third kappa shape index (κ3) is 4.79. The molecule has 1 aromatic heterocycles. The number of amides is 1. The van der Waals surface area contributed by atoms with Gasteiger partial charge < -0.3 is 9.64 Å². The summed E-state index contributed by atoms with van der Waals surface area (Å²) in [5, 5.41) is 10.5. The molecule has 1 aliphatic heterocycles. The van der Waals surface area contributed by atoms with Crippen molar-refractivity contribution in [2.45, 2.75) is 13.3 Å². The number of aromatic nitrogens is 1. The first-order valence-electron chi connectivity index (χ1n) is 10.6. The molecule has 0 radical (unpaired) electrons. The van der Waals surface area contributed by atoms with Gasteiger partial charge in [0.05, 0.1) is 23.4 Å². The lowest BCUT2D eigenvalue weighted by atomic mass is 10.1. The number of carbonyl (C=O) groups is 1. The van der Waals surface area contributed by atoms with E-state index in [0.717, 1.165) is 23.3 Å². The second kappa shape index (κ2) is 10.2. The minimum absolute atomic E-state index is 0.0580. The van der Waals surface area contributed by atoms with E-state index in [1.54, 1.807) is 17.0 Å². The van der Waals surface area contributed by atoms with Crippen LogP contribution in [0.25, 0.3) is 17.3 Å². The number of nitrogens with zero attached hydrogens (tertiary/aromatic N) is 3. The van der Waals surface area contributed by atoms with E-state index < -0.39 is 5.91 Å². The summed E-state index contributed by atoms with van der Waals surface area (Å²) in [6.45, 7) is 3.71. The SMILES string of the molecule is CCc1ccc(-n2c(=O)/c(=C\c3ccccc3Cl)s/c2=C(/C#N)C(=O)N2CCOCC2)cc1. The van der Waals surface area contributed by atoms with Crippen molar-refractivity contribution in [3.63, 3.8) is 0 Å². The molecule has 168 valence electrons. The quantitative estimate of drug-likeness (QED) is 0.576. The fourth-order valence-corrected chi connectivity index (χ4v) is 4.89. The Bertz CT molecular complexity index is 1390. The number of carbonyl (C=O) groups excluding carboxylic acids is 1. The van der Waals surface area contributed by atoms with Crippen LogP contribution in [0, 0.1) is 11.3 Å². The van der Waals surface area contributed by atoms with E-state index in [0.29, 0.717) is 51.8 Å². The summed E-state index contributed by atoms with van der Waals surface area (Å²) < 4.78 is 7.47. The second-order valence-electron chi connectivity index (χ2n) is 7.49. The zero-order valence-electron chi connectivity index (χ0n) is 18.1. The second-order valence-corrected chi connectivity index (χ2v) is 8.93. The van der Waals surface area contributed by atoms with Crippen LogP contribution in [0.15, 0.2) is 53.3 Å². The fraction of sp³-hybridized carbons (Fsp3) is 0.240. The lowest BCUT2D eigenvalue weighted by molar-refractivity contribution is -0.128. The average Bonchev–Trinajstić information content (AvgIpc) is 3.17.